The van der Waals surface area contributed by atoms with Crippen molar-refractivity contribution < 1.29 is 14.3 Å². The highest BCUT2D eigenvalue weighted by atomic mass is 32.1. The molecule has 0 fully saturated rings. The first-order valence-electron chi connectivity index (χ1n) is 11.0. The summed E-state index contributed by atoms with van der Waals surface area (Å²) in [6, 6.07) is 24.1. The fourth-order valence-corrected chi connectivity index (χ4v) is 4.76. The minimum Gasteiger partial charge on any atom is -0.479 e. The lowest BCUT2D eigenvalue weighted by Gasteiger charge is -2.36. The van der Waals surface area contributed by atoms with Crippen molar-refractivity contribution in [3.63, 3.8) is 0 Å². The third-order valence-electron chi connectivity index (χ3n) is 5.74. The van der Waals surface area contributed by atoms with Gasteiger partial charge >= 0.3 is 0 Å². The van der Waals surface area contributed by atoms with Gasteiger partial charge in [-0.25, -0.2) is 4.98 Å². The average molecular weight is 470 g/mol. The van der Waals surface area contributed by atoms with E-state index in [9.17, 15) is 9.59 Å². The maximum absolute atomic E-state index is 13.1. The second-order valence-electron chi connectivity index (χ2n) is 8.09. The predicted octanol–water partition coefficient (Wildman–Crippen LogP) is 5.62. The normalized spacial score (nSPS) is 15.9. The van der Waals surface area contributed by atoms with Crippen LogP contribution in [0.4, 0.5) is 11.4 Å². The number of nitrogens with zero attached hydrogens (tertiary/aromatic N) is 2. The van der Waals surface area contributed by atoms with Crippen LogP contribution in [-0.2, 0) is 9.59 Å². The van der Waals surface area contributed by atoms with Crippen LogP contribution < -0.4 is 15.0 Å². The molecule has 6 nitrogen and oxygen atoms in total. The van der Waals surface area contributed by atoms with Gasteiger partial charge in [-0.3, -0.25) is 14.5 Å². The van der Waals surface area contributed by atoms with E-state index in [0.29, 0.717) is 17.1 Å². The Morgan fingerprint density at radius 1 is 1.03 bits per heavy atom. The molecule has 1 aromatic heterocycles. The van der Waals surface area contributed by atoms with Crippen molar-refractivity contribution in [2.45, 2.75) is 26.0 Å². The number of nitrogens with one attached hydrogen (secondary N) is 1. The zero-order chi connectivity index (χ0) is 23.7. The Bertz CT molecular complexity index is 1340. The number of hydrogen-bond acceptors (Lipinski definition) is 5. The number of benzene rings is 3. The molecule has 0 saturated carbocycles. The summed E-state index contributed by atoms with van der Waals surface area (Å²) in [5.74, 6) is 0.0300. The Morgan fingerprint density at radius 3 is 2.47 bits per heavy atom. The molecule has 170 valence electrons. The largest absolute Gasteiger partial charge is 0.479 e. The Balaban J connectivity index is 1.47. The lowest BCUT2D eigenvalue weighted by atomic mass is 10.1. The van der Waals surface area contributed by atoms with E-state index in [2.05, 4.69) is 5.32 Å². The highest BCUT2D eigenvalue weighted by Crippen LogP contribution is 2.39. The van der Waals surface area contributed by atoms with Gasteiger partial charge in [-0.1, -0.05) is 48.5 Å². The molecule has 2 amide bonds. The summed E-state index contributed by atoms with van der Waals surface area (Å²) in [6.45, 7) is 3.42. The number of para-hydroxylation sites is 1. The van der Waals surface area contributed by atoms with Gasteiger partial charge < -0.3 is 10.1 Å². The molecule has 2 unspecified atom stereocenters. The monoisotopic (exact) mass is 469 g/mol. The molecule has 0 saturated heterocycles. The van der Waals surface area contributed by atoms with Crippen LogP contribution in [0.3, 0.4) is 0 Å². The van der Waals surface area contributed by atoms with Crippen molar-refractivity contribution in [1.82, 2.24) is 4.98 Å². The van der Waals surface area contributed by atoms with Crippen molar-refractivity contribution in [2.75, 3.05) is 10.2 Å². The second-order valence-corrected chi connectivity index (χ2v) is 8.94. The first kappa shape index (κ1) is 21.9. The van der Waals surface area contributed by atoms with Gasteiger partial charge in [0.25, 0.3) is 5.91 Å². The molecule has 0 aliphatic carbocycles. The number of thiazole rings is 1. The van der Waals surface area contributed by atoms with Crippen LogP contribution in [0.2, 0.25) is 0 Å². The Morgan fingerprint density at radius 2 is 1.74 bits per heavy atom. The number of carbonyl (C=O) groups is 2. The van der Waals surface area contributed by atoms with Crippen molar-refractivity contribution in [1.29, 1.82) is 0 Å². The quantitative estimate of drug-likeness (QED) is 0.412. The zero-order valence-electron chi connectivity index (χ0n) is 18.8. The summed E-state index contributed by atoms with van der Waals surface area (Å²) in [7, 11) is 0. The fraction of sp³-hybridized carbons (Fsp3) is 0.148. The van der Waals surface area contributed by atoms with Gasteiger partial charge in [-0.15, -0.1) is 11.3 Å². The molecule has 5 rings (SSSR count). The lowest BCUT2D eigenvalue weighted by molar-refractivity contribution is -0.128. The van der Waals surface area contributed by atoms with Crippen LogP contribution in [0.5, 0.6) is 5.75 Å². The fourth-order valence-electron chi connectivity index (χ4n) is 3.92. The summed E-state index contributed by atoms with van der Waals surface area (Å²) < 4.78 is 5.85. The number of rotatable bonds is 5. The SMILES string of the molecule is CC1Oc2ccc(-c3csc(-c4ccccc4)n3)cc2N(C(C)C(=O)Nc2ccccc2)C1=O. The maximum atomic E-state index is 13.1. The lowest BCUT2D eigenvalue weighted by Crippen LogP contribution is -2.52. The molecule has 1 aliphatic rings. The van der Waals surface area contributed by atoms with Gasteiger partial charge in [0.2, 0.25) is 5.91 Å². The minimum atomic E-state index is -0.733. The van der Waals surface area contributed by atoms with Gasteiger partial charge in [-0.2, -0.15) is 0 Å². The zero-order valence-corrected chi connectivity index (χ0v) is 19.6. The maximum Gasteiger partial charge on any atom is 0.268 e. The average Bonchev–Trinajstić information content (AvgIpc) is 3.36. The van der Waals surface area contributed by atoms with E-state index in [4.69, 9.17) is 9.72 Å². The molecule has 34 heavy (non-hydrogen) atoms. The highest BCUT2D eigenvalue weighted by molar-refractivity contribution is 7.13. The number of ether oxygens (including phenoxy) is 1. The van der Waals surface area contributed by atoms with E-state index in [0.717, 1.165) is 21.8 Å². The summed E-state index contributed by atoms with van der Waals surface area (Å²) in [5.41, 5.74) is 3.95. The molecule has 1 aliphatic heterocycles. The second kappa shape index (κ2) is 9.11. The van der Waals surface area contributed by atoms with E-state index in [1.54, 1.807) is 25.2 Å². The van der Waals surface area contributed by atoms with Crippen LogP contribution in [0.25, 0.3) is 21.8 Å². The topological polar surface area (TPSA) is 71.5 Å². The molecule has 2 atom stereocenters. The van der Waals surface area contributed by atoms with Crippen molar-refractivity contribution >= 4 is 34.5 Å². The van der Waals surface area contributed by atoms with Gasteiger partial charge in [0, 0.05) is 22.2 Å². The van der Waals surface area contributed by atoms with E-state index in [1.807, 2.05) is 84.2 Å². The predicted molar refractivity (Wildman–Crippen MR) is 135 cm³/mol. The third-order valence-corrected chi connectivity index (χ3v) is 6.63. The molecular weight excluding hydrogens is 446 g/mol. The third kappa shape index (κ3) is 4.18. The van der Waals surface area contributed by atoms with E-state index in [1.165, 1.54) is 4.90 Å². The molecule has 7 heteroatoms. The first-order valence-corrected chi connectivity index (χ1v) is 11.9. The number of amides is 2. The Labute approximate surface area is 201 Å². The van der Waals surface area contributed by atoms with Gasteiger partial charge in [0.1, 0.15) is 16.8 Å². The van der Waals surface area contributed by atoms with Gasteiger partial charge in [0.15, 0.2) is 6.10 Å². The Kier molecular flexibility index (Phi) is 5.86. The van der Waals surface area contributed by atoms with E-state index >= 15 is 0 Å². The number of aromatic nitrogens is 1. The standard InChI is InChI=1S/C27H23N3O3S/c1-17(25(31)28-21-11-7-4-8-12-21)30-23-15-20(13-14-24(23)33-18(2)27(30)32)22-16-34-26(29-22)19-9-5-3-6-10-19/h3-18H,1-2H3,(H,28,31). The van der Waals surface area contributed by atoms with Gasteiger partial charge in [0.05, 0.1) is 11.4 Å². The van der Waals surface area contributed by atoms with Crippen molar-refractivity contribution in [3.05, 3.63) is 84.2 Å². The number of anilines is 2. The summed E-state index contributed by atoms with van der Waals surface area (Å²) >= 11 is 1.56. The molecule has 4 aromatic rings. The Hall–Kier alpha value is -3.97. The smallest absolute Gasteiger partial charge is 0.268 e. The molecular formula is C27H23N3O3S. The van der Waals surface area contributed by atoms with Crippen LogP contribution >= 0.6 is 11.3 Å². The van der Waals surface area contributed by atoms with Crippen LogP contribution in [0.1, 0.15) is 13.8 Å². The van der Waals surface area contributed by atoms with E-state index < -0.39 is 12.1 Å². The summed E-state index contributed by atoms with van der Waals surface area (Å²) in [5, 5.41) is 5.80. The first-order chi connectivity index (χ1) is 16.5. The summed E-state index contributed by atoms with van der Waals surface area (Å²) in [4.78, 5) is 32.5. The molecule has 2 heterocycles. The number of fused-ring (bicyclic) bond motifs is 1. The molecule has 1 N–H and O–H groups in total. The van der Waals surface area contributed by atoms with Crippen LogP contribution in [0, 0.1) is 0 Å². The van der Waals surface area contributed by atoms with Crippen molar-refractivity contribution in [3.8, 4) is 27.6 Å². The number of carbonyl (C=O) groups excluding carboxylic acids is 2. The molecule has 0 bridgehead atoms. The molecule has 0 spiro atoms. The minimum absolute atomic E-state index is 0.261. The number of hydrogen-bond donors (Lipinski definition) is 1. The van der Waals surface area contributed by atoms with Crippen LogP contribution in [-0.4, -0.2) is 28.9 Å². The molecule has 3 aromatic carbocycles. The van der Waals surface area contributed by atoms with Crippen molar-refractivity contribution in [2.24, 2.45) is 0 Å². The van der Waals surface area contributed by atoms with E-state index in [-0.39, 0.29) is 11.8 Å². The summed E-state index contributed by atoms with van der Waals surface area (Å²) in [6.07, 6.45) is -0.686. The van der Waals surface area contributed by atoms with Crippen LogP contribution in [0.15, 0.2) is 84.2 Å². The highest BCUT2D eigenvalue weighted by Gasteiger charge is 2.37. The molecule has 0 radical (unpaired) electrons. The van der Waals surface area contributed by atoms with Gasteiger partial charge in [-0.05, 0) is 44.2 Å².